The van der Waals surface area contributed by atoms with Gasteiger partial charge < -0.3 is 9.67 Å². The Kier molecular flexibility index (Phi) is 4.00. The Morgan fingerprint density at radius 1 is 1.12 bits per heavy atom. The summed E-state index contributed by atoms with van der Waals surface area (Å²) in [5.74, 6) is -1.12. The lowest BCUT2D eigenvalue weighted by atomic mass is 10.1. The summed E-state index contributed by atoms with van der Waals surface area (Å²) in [5.41, 5.74) is 1.55. The maximum atomic E-state index is 12.5. The molecule has 0 bridgehead atoms. The van der Waals surface area contributed by atoms with Crippen molar-refractivity contribution in [2.75, 3.05) is 5.32 Å². The zero-order valence-electron chi connectivity index (χ0n) is 14.1. The molecule has 0 radical (unpaired) electrons. The van der Waals surface area contributed by atoms with Crippen molar-refractivity contribution in [2.24, 2.45) is 0 Å². The normalized spacial score (nSPS) is 11.5. The number of carboxylic acids is 1. The molecule has 0 atom stereocenters. The fraction of sp³-hybridized carbons (Fsp3) is 0.222. The minimum absolute atomic E-state index is 0.0264. The van der Waals surface area contributed by atoms with Crippen LogP contribution in [0.1, 0.15) is 41.6 Å². The summed E-state index contributed by atoms with van der Waals surface area (Å²) in [4.78, 5) is 31.8. The number of imidazole rings is 1. The number of nitrogens with zero attached hydrogens (tertiary/aromatic N) is 3. The molecule has 0 fully saturated rings. The lowest BCUT2D eigenvalue weighted by molar-refractivity contribution is 0.0695. The van der Waals surface area contributed by atoms with Crippen LogP contribution in [0, 0.1) is 0 Å². The zero-order chi connectivity index (χ0) is 18.2. The van der Waals surface area contributed by atoms with Gasteiger partial charge in [0.1, 0.15) is 5.69 Å². The first-order valence-electron chi connectivity index (χ1n) is 7.76. The molecule has 1 aromatic carbocycles. The number of carbonyl (C=O) groups is 2. The van der Waals surface area contributed by atoms with Gasteiger partial charge in [0, 0.05) is 11.7 Å². The number of pyridine rings is 1. The molecule has 2 N–H and O–H groups in total. The predicted octanol–water partition coefficient (Wildman–Crippen LogP) is 3.14. The number of carbonyl (C=O) groups excluding carboxylic acids is 1. The first-order chi connectivity index (χ1) is 11.8. The monoisotopic (exact) mass is 338 g/mol. The summed E-state index contributed by atoms with van der Waals surface area (Å²) in [6, 6.07) is 10.4. The summed E-state index contributed by atoms with van der Waals surface area (Å²) in [5, 5.41) is 11.7. The van der Waals surface area contributed by atoms with Gasteiger partial charge in [0.05, 0.1) is 16.6 Å². The highest BCUT2D eigenvalue weighted by Gasteiger charge is 2.23. The van der Waals surface area contributed by atoms with E-state index < -0.39 is 11.9 Å². The quantitative estimate of drug-likeness (QED) is 0.764. The highest BCUT2D eigenvalue weighted by Crippen LogP contribution is 2.28. The van der Waals surface area contributed by atoms with Crippen LogP contribution >= 0.6 is 0 Å². The number of carboxylic acid groups (broad SMARTS) is 1. The van der Waals surface area contributed by atoms with Crippen molar-refractivity contribution in [3.05, 3.63) is 53.9 Å². The van der Waals surface area contributed by atoms with Crippen LogP contribution in [-0.4, -0.2) is 31.5 Å². The SMILES string of the molecule is CC(C)(C)n1c(NC(=O)c2ccc(C(=O)O)cn2)nc2ccccc21. The molecule has 2 heterocycles. The molecule has 0 aliphatic heterocycles. The van der Waals surface area contributed by atoms with E-state index in [1.165, 1.54) is 12.1 Å². The van der Waals surface area contributed by atoms with Gasteiger partial charge in [-0.1, -0.05) is 12.1 Å². The Morgan fingerprint density at radius 3 is 2.44 bits per heavy atom. The number of aromatic nitrogens is 3. The van der Waals surface area contributed by atoms with Crippen LogP contribution in [0.5, 0.6) is 0 Å². The van der Waals surface area contributed by atoms with Crippen LogP contribution in [0.2, 0.25) is 0 Å². The average molecular weight is 338 g/mol. The molecule has 128 valence electrons. The molecule has 3 aromatic rings. The van der Waals surface area contributed by atoms with Crippen molar-refractivity contribution in [2.45, 2.75) is 26.3 Å². The highest BCUT2D eigenvalue weighted by atomic mass is 16.4. The van der Waals surface area contributed by atoms with E-state index in [0.717, 1.165) is 17.2 Å². The summed E-state index contributed by atoms with van der Waals surface area (Å²) < 4.78 is 1.95. The predicted molar refractivity (Wildman–Crippen MR) is 93.9 cm³/mol. The summed E-state index contributed by atoms with van der Waals surface area (Å²) in [7, 11) is 0. The van der Waals surface area contributed by atoms with Crippen molar-refractivity contribution in [3.8, 4) is 0 Å². The molecule has 0 unspecified atom stereocenters. The number of fused-ring (bicyclic) bond motifs is 1. The van der Waals surface area contributed by atoms with E-state index in [1.54, 1.807) is 0 Å². The molecule has 0 saturated carbocycles. The van der Waals surface area contributed by atoms with Gasteiger partial charge in [-0.3, -0.25) is 15.1 Å². The van der Waals surface area contributed by atoms with Crippen LogP contribution in [0.25, 0.3) is 11.0 Å². The van der Waals surface area contributed by atoms with Crippen molar-refractivity contribution >= 4 is 28.9 Å². The molecule has 7 nitrogen and oxygen atoms in total. The first kappa shape index (κ1) is 16.6. The molecule has 1 amide bonds. The Hall–Kier alpha value is -3.22. The second kappa shape index (κ2) is 6.01. The number of hydrogen-bond donors (Lipinski definition) is 2. The van der Waals surface area contributed by atoms with E-state index in [0.29, 0.717) is 5.95 Å². The minimum atomic E-state index is -1.09. The molecular weight excluding hydrogens is 320 g/mol. The maximum absolute atomic E-state index is 12.5. The van der Waals surface area contributed by atoms with Gasteiger partial charge in [0.15, 0.2) is 0 Å². The number of hydrogen-bond acceptors (Lipinski definition) is 4. The molecule has 0 aliphatic carbocycles. The van der Waals surface area contributed by atoms with E-state index in [1.807, 2.05) is 49.6 Å². The fourth-order valence-corrected chi connectivity index (χ4v) is 2.61. The molecule has 2 aromatic heterocycles. The molecule has 7 heteroatoms. The highest BCUT2D eigenvalue weighted by molar-refractivity contribution is 6.03. The summed E-state index contributed by atoms with van der Waals surface area (Å²) >= 11 is 0. The van der Waals surface area contributed by atoms with Crippen LogP contribution in [0.4, 0.5) is 5.95 Å². The van der Waals surface area contributed by atoms with Crippen LogP contribution in [0.3, 0.4) is 0 Å². The molecule has 3 rings (SSSR count). The molecule has 25 heavy (non-hydrogen) atoms. The third-order valence-electron chi connectivity index (χ3n) is 3.70. The van der Waals surface area contributed by atoms with E-state index in [2.05, 4.69) is 15.3 Å². The van der Waals surface area contributed by atoms with Crippen molar-refractivity contribution < 1.29 is 14.7 Å². The van der Waals surface area contributed by atoms with Gasteiger partial charge in [0.25, 0.3) is 5.91 Å². The third-order valence-corrected chi connectivity index (χ3v) is 3.70. The van der Waals surface area contributed by atoms with E-state index >= 15 is 0 Å². The zero-order valence-corrected chi connectivity index (χ0v) is 14.1. The van der Waals surface area contributed by atoms with E-state index in [9.17, 15) is 9.59 Å². The average Bonchev–Trinajstić information content (AvgIpc) is 2.92. The second-order valence-corrected chi connectivity index (χ2v) is 6.62. The Balaban J connectivity index is 1.97. The number of benzene rings is 1. The molecule has 0 spiro atoms. The van der Waals surface area contributed by atoms with Gasteiger partial charge in [-0.15, -0.1) is 0 Å². The van der Waals surface area contributed by atoms with Crippen LogP contribution < -0.4 is 5.32 Å². The topological polar surface area (TPSA) is 97.1 Å². The van der Waals surface area contributed by atoms with Crippen molar-refractivity contribution in [1.82, 2.24) is 14.5 Å². The maximum Gasteiger partial charge on any atom is 0.337 e. The summed E-state index contributed by atoms with van der Waals surface area (Å²) in [6.07, 6.45) is 1.16. The van der Waals surface area contributed by atoms with Crippen molar-refractivity contribution in [1.29, 1.82) is 0 Å². The Labute approximate surface area is 144 Å². The smallest absolute Gasteiger partial charge is 0.337 e. The number of para-hydroxylation sites is 2. The van der Waals surface area contributed by atoms with Crippen molar-refractivity contribution in [3.63, 3.8) is 0 Å². The first-order valence-corrected chi connectivity index (χ1v) is 7.76. The van der Waals surface area contributed by atoms with Crippen LogP contribution in [0.15, 0.2) is 42.6 Å². The van der Waals surface area contributed by atoms with Crippen LogP contribution in [-0.2, 0) is 5.54 Å². The minimum Gasteiger partial charge on any atom is -0.478 e. The third kappa shape index (κ3) is 3.21. The van der Waals surface area contributed by atoms with Gasteiger partial charge in [-0.05, 0) is 45.0 Å². The molecule has 0 aliphatic rings. The number of amides is 1. The fourth-order valence-electron chi connectivity index (χ4n) is 2.61. The lowest BCUT2D eigenvalue weighted by Crippen LogP contribution is -2.26. The van der Waals surface area contributed by atoms with Gasteiger partial charge in [0.2, 0.25) is 5.95 Å². The van der Waals surface area contributed by atoms with Gasteiger partial charge in [-0.25, -0.2) is 9.78 Å². The molecular formula is C18H18N4O3. The largest absolute Gasteiger partial charge is 0.478 e. The number of aromatic carboxylic acids is 1. The number of nitrogens with one attached hydrogen (secondary N) is 1. The number of rotatable bonds is 3. The molecule has 0 saturated heterocycles. The standard InChI is InChI=1S/C18H18N4O3/c1-18(2,3)22-14-7-5-4-6-12(14)20-17(22)21-15(23)13-9-8-11(10-19-13)16(24)25/h4-10H,1-3H3,(H,24,25)(H,20,21,23). The lowest BCUT2D eigenvalue weighted by Gasteiger charge is -2.24. The summed E-state index contributed by atoms with van der Waals surface area (Å²) in [6.45, 7) is 6.07. The second-order valence-electron chi connectivity index (χ2n) is 6.62. The van der Waals surface area contributed by atoms with E-state index in [-0.39, 0.29) is 16.8 Å². The van der Waals surface area contributed by atoms with Gasteiger partial charge >= 0.3 is 5.97 Å². The Bertz CT molecular complexity index is 953. The number of anilines is 1. The Morgan fingerprint density at radius 2 is 1.84 bits per heavy atom. The van der Waals surface area contributed by atoms with E-state index in [4.69, 9.17) is 5.11 Å². The van der Waals surface area contributed by atoms with Gasteiger partial charge in [-0.2, -0.15) is 0 Å².